The van der Waals surface area contributed by atoms with E-state index in [-0.39, 0.29) is 5.91 Å². The molecule has 4 heteroatoms. The van der Waals surface area contributed by atoms with E-state index in [2.05, 4.69) is 10.3 Å². The molecule has 0 spiro atoms. The minimum absolute atomic E-state index is 0.232. The molecule has 0 aliphatic rings. The minimum Gasteiger partial charge on any atom is -0.324 e. The highest BCUT2D eigenvalue weighted by atomic mass is 16.2. The summed E-state index contributed by atoms with van der Waals surface area (Å²) in [6.45, 7) is 0. The fourth-order valence-corrected chi connectivity index (χ4v) is 2.19. The molecule has 0 fully saturated rings. The Bertz CT molecular complexity index is 771. The standard InChI is InChI=1S/C17H15N3O/c18-16(12-5-2-1-3-6-12)17(21)20-14-8-9-15-13(11-14)7-4-10-19-15/h1-11,16H,18H2,(H,20,21)/t16-/m0/s1. The van der Waals surface area contributed by atoms with Crippen LogP contribution in [-0.4, -0.2) is 10.9 Å². The molecule has 0 unspecified atom stereocenters. The maximum Gasteiger partial charge on any atom is 0.245 e. The molecule has 3 aromatic rings. The molecule has 3 N–H and O–H groups in total. The van der Waals surface area contributed by atoms with E-state index < -0.39 is 6.04 Å². The number of hydrogen-bond acceptors (Lipinski definition) is 3. The van der Waals surface area contributed by atoms with Gasteiger partial charge in [0.25, 0.3) is 0 Å². The van der Waals surface area contributed by atoms with Gasteiger partial charge in [-0.1, -0.05) is 36.4 Å². The molecule has 1 atom stereocenters. The van der Waals surface area contributed by atoms with Crippen molar-refractivity contribution in [3.8, 4) is 0 Å². The minimum atomic E-state index is -0.684. The Kier molecular flexibility index (Phi) is 3.62. The molecule has 0 bridgehead atoms. The third-order valence-corrected chi connectivity index (χ3v) is 3.31. The van der Waals surface area contributed by atoms with E-state index in [4.69, 9.17) is 5.73 Å². The third kappa shape index (κ3) is 2.90. The van der Waals surface area contributed by atoms with Crippen LogP contribution in [0.3, 0.4) is 0 Å². The largest absolute Gasteiger partial charge is 0.324 e. The first-order chi connectivity index (χ1) is 10.2. The first kappa shape index (κ1) is 13.3. The van der Waals surface area contributed by atoms with E-state index in [1.165, 1.54) is 0 Å². The molecule has 1 aromatic heterocycles. The zero-order chi connectivity index (χ0) is 14.7. The average Bonchev–Trinajstić information content (AvgIpc) is 2.55. The SMILES string of the molecule is N[C@H](C(=O)Nc1ccc2ncccc2c1)c1ccccc1. The molecule has 0 saturated heterocycles. The van der Waals surface area contributed by atoms with Gasteiger partial charge >= 0.3 is 0 Å². The van der Waals surface area contributed by atoms with Gasteiger partial charge in [0.05, 0.1) is 5.52 Å². The second-order valence-electron chi connectivity index (χ2n) is 4.79. The number of nitrogens with two attached hydrogens (primary N) is 1. The molecule has 2 aromatic carbocycles. The number of pyridine rings is 1. The van der Waals surface area contributed by atoms with Gasteiger partial charge in [-0.15, -0.1) is 0 Å². The Balaban J connectivity index is 1.80. The van der Waals surface area contributed by atoms with Crippen LogP contribution in [0.1, 0.15) is 11.6 Å². The molecule has 1 heterocycles. The van der Waals surface area contributed by atoms with E-state index in [9.17, 15) is 4.79 Å². The van der Waals surface area contributed by atoms with Gasteiger partial charge < -0.3 is 11.1 Å². The Hall–Kier alpha value is -2.72. The van der Waals surface area contributed by atoms with E-state index in [0.717, 1.165) is 16.5 Å². The van der Waals surface area contributed by atoms with Crippen molar-refractivity contribution in [2.75, 3.05) is 5.32 Å². The number of hydrogen-bond donors (Lipinski definition) is 2. The van der Waals surface area contributed by atoms with Crippen LogP contribution >= 0.6 is 0 Å². The molecule has 0 aliphatic carbocycles. The predicted molar refractivity (Wildman–Crippen MR) is 83.7 cm³/mol. The van der Waals surface area contributed by atoms with Gasteiger partial charge in [-0.3, -0.25) is 9.78 Å². The first-order valence-corrected chi connectivity index (χ1v) is 6.70. The summed E-state index contributed by atoms with van der Waals surface area (Å²) in [6, 6.07) is 18.0. The molecule has 21 heavy (non-hydrogen) atoms. The number of rotatable bonds is 3. The van der Waals surface area contributed by atoms with Crippen molar-refractivity contribution in [3.05, 3.63) is 72.4 Å². The predicted octanol–water partition coefficient (Wildman–Crippen LogP) is 2.87. The monoisotopic (exact) mass is 277 g/mol. The number of nitrogens with zero attached hydrogens (tertiary/aromatic N) is 1. The second kappa shape index (κ2) is 5.73. The summed E-state index contributed by atoms with van der Waals surface area (Å²) in [4.78, 5) is 16.4. The van der Waals surface area contributed by atoms with E-state index in [1.807, 2.05) is 60.7 Å². The molecule has 0 saturated carbocycles. The molecule has 0 radical (unpaired) electrons. The summed E-state index contributed by atoms with van der Waals surface area (Å²) in [7, 11) is 0. The zero-order valence-corrected chi connectivity index (χ0v) is 11.4. The lowest BCUT2D eigenvalue weighted by atomic mass is 10.1. The van der Waals surface area contributed by atoms with Gasteiger partial charge in [-0.05, 0) is 29.8 Å². The molecule has 4 nitrogen and oxygen atoms in total. The van der Waals surface area contributed by atoms with Crippen molar-refractivity contribution in [2.45, 2.75) is 6.04 Å². The number of carbonyl (C=O) groups is 1. The second-order valence-corrected chi connectivity index (χ2v) is 4.79. The summed E-state index contributed by atoms with van der Waals surface area (Å²) in [5.74, 6) is -0.232. The first-order valence-electron chi connectivity index (χ1n) is 6.70. The number of carbonyl (C=O) groups excluding carboxylic acids is 1. The highest BCUT2D eigenvalue weighted by Gasteiger charge is 2.15. The summed E-state index contributed by atoms with van der Waals surface area (Å²) in [6.07, 6.45) is 1.74. The van der Waals surface area contributed by atoms with Crippen LogP contribution in [0.4, 0.5) is 5.69 Å². The number of nitrogens with one attached hydrogen (secondary N) is 1. The van der Waals surface area contributed by atoms with Crippen LogP contribution in [0.5, 0.6) is 0 Å². The van der Waals surface area contributed by atoms with Gasteiger partial charge in [-0.25, -0.2) is 0 Å². The molecular weight excluding hydrogens is 262 g/mol. The number of aromatic nitrogens is 1. The van der Waals surface area contributed by atoms with Gasteiger partial charge in [-0.2, -0.15) is 0 Å². The van der Waals surface area contributed by atoms with Crippen LogP contribution in [0, 0.1) is 0 Å². The Morgan fingerprint density at radius 3 is 2.67 bits per heavy atom. The lowest BCUT2D eigenvalue weighted by Gasteiger charge is -2.12. The molecule has 0 aliphatic heterocycles. The van der Waals surface area contributed by atoms with E-state index in [0.29, 0.717) is 5.69 Å². The lowest BCUT2D eigenvalue weighted by Crippen LogP contribution is -2.27. The Morgan fingerprint density at radius 2 is 1.86 bits per heavy atom. The van der Waals surface area contributed by atoms with Crippen molar-refractivity contribution in [2.24, 2.45) is 5.73 Å². The van der Waals surface area contributed by atoms with Crippen molar-refractivity contribution in [1.82, 2.24) is 4.98 Å². The number of amides is 1. The van der Waals surface area contributed by atoms with Crippen LogP contribution in [0.25, 0.3) is 10.9 Å². The number of benzene rings is 2. The normalized spacial score (nSPS) is 12.0. The molecule has 3 rings (SSSR count). The van der Waals surface area contributed by atoms with Crippen molar-refractivity contribution >= 4 is 22.5 Å². The van der Waals surface area contributed by atoms with Gasteiger partial charge in [0.2, 0.25) is 5.91 Å². The van der Waals surface area contributed by atoms with Crippen LogP contribution in [-0.2, 0) is 4.79 Å². The Morgan fingerprint density at radius 1 is 1.05 bits per heavy atom. The molecular formula is C17H15N3O. The number of anilines is 1. The van der Waals surface area contributed by atoms with E-state index >= 15 is 0 Å². The van der Waals surface area contributed by atoms with Crippen LogP contribution < -0.4 is 11.1 Å². The Labute approximate surface area is 122 Å². The summed E-state index contributed by atoms with van der Waals surface area (Å²) >= 11 is 0. The van der Waals surface area contributed by atoms with Crippen molar-refractivity contribution < 1.29 is 4.79 Å². The molecule has 1 amide bonds. The summed E-state index contributed by atoms with van der Waals surface area (Å²) in [5, 5.41) is 3.82. The zero-order valence-electron chi connectivity index (χ0n) is 11.4. The average molecular weight is 277 g/mol. The highest BCUT2D eigenvalue weighted by Crippen LogP contribution is 2.18. The maximum absolute atomic E-state index is 12.2. The quantitative estimate of drug-likeness (QED) is 0.773. The van der Waals surface area contributed by atoms with Crippen LogP contribution in [0.15, 0.2) is 66.9 Å². The lowest BCUT2D eigenvalue weighted by molar-refractivity contribution is -0.117. The maximum atomic E-state index is 12.2. The van der Waals surface area contributed by atoms with Gasteiger partial charge in [0.15, 0.2) is 0 Å². The molecule has 104 valence electrons. The third-order valence-electron chi connectivity index (χ3n) is 3.31. The highest BCUT2D eigenvalue weighted by molar-refractivity contribution is 5.97. The fourth-order valence-electron chi connectivity index (χ4n) is 2.19. The number of fused-ring (bicyclic) bond motifs is 1. The van der Waals surface area contributed by atoms with Gasteiger partial charge in [0.1, 0.15) is 6.04 Å². The van der Waals surface area contributed by atoms with Crippen LogP contribution in [0.2, 0.25) is 0 Å². The summed E-state index contributed by atoms with van der Waals surface area (Å²) < 4.78 is 0. The van der Waals surface area contributed by atoms with Crippen molar-refractivity contribution in [3.63, 3.8) is 0 Å². The van der Waals surface area contributed by atoms with E-state index in [1.54, 1.807) is 6.20 Å². The van der Waals surface area contributed by atoms with Gasteiger partial charge in [0, 0.05) is 17.3 Å². The topological polar surface area (TPSA) is 68.0 Å². The summed E-state index contributed by atoms with van der Waals surface area (Å²) in [5.41, 5.74) is 8.37. The fraction of sp³-hybridized carbons (Fsp3) is 0.0588. The smallest absolute Gasteiger partial charge is 0.245 e. The van der Waals surface area contributed by atoms with Crippen molar-refractivity contribution in [1.29, 1.82) is 0 Å².